The third-order valence-electron chi connectivity index (χ3n) is 13.9. The molecule has 9 N–H and O–H groups in total. The van der Waals surface area contributed by atoms with Gasteiger partial charge in [-0.15, -0.1) is 11.3 Å². The number of aromatic amines is 1. The third-order valence-corrected chi connectivity index (χ3v) is 15.0. The van der Waals surface area contributed by atoms with Crippen molar-refractivity contribution in [1.29, 1.82) is 0 Å². The van der Waals surface area contributed by atoms with Crippen molar-refractivity contribution in [2.24, 2.45) is 41.0 Å². The van der Waals surface area contributed by atoms with Crippen LogP contribution < -0.4 is 32.7 Å². The number of carbonyl (C=O) groups is 1. The van der Waals surface area contributed by atoms with E-state index in [2.05, 4.69) is 140 Å². The summed E-state index contributed by atoms with van der Waals surface area (Å²) in [6.07, 6.45) is 11.6. The van der Waals surface area contributed by atoms with Crippen LogP contribution in [0.4, 0.5) is 39.3 Å². The van der Waals surface area contributed by atoms with Crippen molar-refractivity contribution < 1.29 is 36.5 Å². The van der Waals surface area contributed by atoms with Gasteiger partial charge in [0.2, 0.25) is 5.91 Å². The molecule has 0 saturated heterocycles. The number of fused-ring (bicyclic) bond motifs is 6. The van der Waals surface area contributed by atoms with Crippen LogP contribution in [-0.2, 0) is 65.9 Å². The van der Waals surface area contributed by atoms with Crippen LogP contribution in [0.1, 0.15) is 34.8 Å². The minimum atomic E-state index is -0.379. The number of nitrogens with zero attached hydrogens (tertiary/aromatic N) is 8. The Morgan fingerprint density at radius 3 is 1.46 bits per heavy atom. The first kappa shape index (κ1) is 72.9. The van der Waals surface area contributed by atoms with Crippen LogP contribution in [0.25, 0.3) is 65.4 Å². The molecule has 0 fully saturated rings. The molecule has 1 amide bonds. The van der Waals surface area contributed by atoms with E-state index in [0.29, 0.717) is 21.0 Å². The van der Waals surface area contributed by atoms with E-state index in [1.54, 1.807) is 41.8 Å². The first-order valence-corrected chi connectivity index (χ1v) is 29.8. The molecule has 0 aliphatic carbocycles. The molecule has 6 aromatic carbocycles. The number of H-pyrrole nitrogens is 1. The topological polar surface area (TPSA) is 257 Å². The summed E-state index contributed by atoms with van der Waals surface area (Å²) in [7, 11) is 9.94. The van der Waals surface area contributed by atoms with Crippen molar-refractivity contribution in [1.82, 2.24) is 38.1 Å². The molecule has 0 aliphatic heterocycles. The van der Waals surface area contributed by atoms with Crippen molar-refractivity contribution in [2.75, 3.05) is 21.7 Å². The second-order valence-electron chi connectivity index (χ2n) is 21.3. The van der Waals surface area contributed by atoms with Crippen molar-refractivity contribution in [3.05, 3.63) is 228 Å². The van der Waals surface area contributed by atoms with Crippen molar-refractivity contribution in [2.45, 2.75) is 33.1 Å². The first-order valence-electron chi connectivity index (χ1n) is 27.7. The quantitative estimate of drug-likeness (QED) is 0.0204. The predicted molar refractivity (Wildman–Crippen MR) is 392 cm³/mol. The number of rotatable bonds is 6. The summed E-state index contributed by atoms with van der Waals surface area (Å²) in [5.74, 6) is -0.178. The van der Waals surface area contributed by atoms with Crippen LogP contribution in [0, 0.1) is 27.7 Å². The molecular formula is C67H74N15O5PdS4-. The van der Waals surface area contributed by atoms with E-state index in [-0.39, 0.29) is 61.8 Å². The number of non-ortho nitro benzene ring substituents is 2. The number of nitrogens with one attached hydrogen (secondary N) is 5. The van der Waals surface area contributed by atoms with Crippen LogP contribution in [0.2, 0.25) is 0 Å². The van der Waals surface area contributed by atoms with E-state index in [9.17, 15) is 25.0 Å². The smallest absolute Gasteiger partial charge is 0.278 e. The van der Waals surface area contributed by atoms with Crippen molar-refractivity contribution >= 4 is 174 Å². The fraction of sp³-hybridized carbons (Fsp3) is 0.149. The Morgan fingerprint density at radius 1 is 0.620 bits per heavy atom. The van der Waals surface area contributed by atoms with Gasteiger partial charge in [0, 0.05) is 190 Å². The molecule has 13 aromatic rings. The first-order chi connectivity index (χ1) is 42.9. The monoisotopic (exact) mass is 1400 g/mol. The zero-order valence-corrected chi connectivity index (χ0v) is 57.1. The van der Waals surface area contributed by atoms with Gasteiger partial charge in [-0.25, -0.2) is 4.98 Å². The minimum Gasteiger partial charge on any atom is -0.398 e. The molecule has 0 saturated carbocycles. The largest absolute Gasteiger partial charge is 0.398 e. The van der Waals surface area contributed by atoms with Gasteiger partial charge in [0.1, 0.15) is 0 Å². The second-order valence-corrected chi connectivity index (χ2v) is 23.2. The molecule has 0 bridgehead atoms. The summed E-state index contributed by atoms with van der Waals surface area (Å²) < 4.78 is 10.1. The van der Waals surface area contributed by atoms with Crippen LogP contribution >= 0.6 is 48.0 Å². The summed E-state index contributed by atoms with van der Waals surface area (Å²) in [5.41, 5.74) is 22.9. The average molecular weight is 1400 g/mol. The number of aromatic nitrogens is 7. The number of nitro benzene ring substituents is 2. The van der Waals surface area contributed by atoms with Gasteiger partial charge in [0.25, 0.3) is 11.4 Å². The van der Waals surface area contributed by atoms with Crippen molar-refractivity contribution in [3.8, 4) is 0 Å². The van der Waals surface area contributed by atoms with Gasteiger partial charge in [0.05, 0.1) is 37.3 Å². The summed E-state index contributed by atoms with van der Waals surface area (Å²) in [4.78, 5) is 38.9. The van der Waals surface area contributed by atoms with Crippen LogP contribution in [0.5, 0.6) is 0 Å². The van der Waals surface area contributed by atoms with Gasteiger partial charge >= 0.3 is 0 Å². The Bertz CT molecular complexity index is 4740. The number of thiazole rings is 1. The fourth-order valence-corrected chi connectivity index (χ4v) is 10.8. The summed E-state index contributed by atoms with van der Waals surface area (Å²) in [5, 5.41) is 44.8. The number of nitrogen functional groups attached to an aromatic ring is 1. The molecule has 482 valence electrons. The Balaban J connectivity index is 0.000000237. The summed E-state index contributed by atoms with van der Waals surface area (Å²) >= 11 is 15.5. The maximum Gasteiger partial charge on any atom is 0.278 e. The summed E-state index contributed by atoms with van der Waals surface area (Å²) in [6.45, 7) is 11.0. The Kier molecular flexibility index (Phi) is 26.4. The van der Waals surface area contributed by atoms with Gasteiger partial charge in [-0.1, -0.05) is 62.2 Å². The number of nitrogens with two attached hydrogens (primary N) is 2. The van der Waals surface area contributed by atoms with E-state index in [1.165, 1.54) is 35.5 Å². The van der Waals surface area contributed by atoms with E-state index in [0.717, 1.165) is 71.8 Å². The fourth-order valence-electron chi connectivity index (χ4n) is 9.47. The number of amides is 1. The molecule has 0 unspecified atom stereocenters. The normalized spacial score (nSPS) is 10.3. The van der Waals surface area contributed by atoms with Gasteiger partial charge in [-0.05, 0) is 140 Å². The molecule has 0 spiro atoms. The van der Waals surface area contributed by atoms with E-state index < -0.39 is 0 Å². The zero-order valence-electron chi connectivity index (χ0n) is 52.3. The number of benzene rings is 6. The Morgan fingerprint density at radius 2 is 1.01 bits per heavy atom. The Labute approximate surface area is 568 Å². The van der Waals surface area contributed by atoms with Gasteiger partial charge in [0.15, 0.2) is 15.4 Å². The average Bonchev–Trinajstić information content (AvgIpc) is 2.42. The molecule has 92 heavy (non-hydrogen) atoms. The number of nitro groups is 2. The predicted octanol–water partition coefficient (Wildman–Crippen LogP) is 15.9. The minimum absolute atomic E-state index is 0. The second kappa shape index (κ2) is 33.3. The molecular weight excluding hydrogens is 1330 g/mol. The Hall–Kier alpha value is -9.83. The number of carbonyl (C=O) groups excluding carboxylic acids is 1. The van der Waals surface area contributed by atoms with Crippen LogP contribution in [0.15, 0.2) is 195 Å². The molecule has 7 aromatic heterocycles. The van der Waals surface area contributed by atoms with E-state index >= 15 is 0 Å². The van der Waals surface area contributed by atoms with Crippen LogP contribution in [-0.4, -0.2) is 63.8 Å². The number of anilines is 5. The van der Waals surface area contributed by atoms with E-state index in [1.807, 2.05) is 135 Å². The molecule has 20 nitrogen and oxygen atoms in total. The molecule has 0 radical (unpaired) electrons. The molecule has 7 heterocycles. The van der Waals surface area contributed by atoms with Gasteiger partial charge in [-0.2, -0.15) is 0 Å². The maximum absolute atomic E-state index is 10.9. The zero-order chi connectivity index (χ0) is 65.4. The standard InChI is InChI=1S/C16H19N3S.C12H13N3OS.C10H11N3S.C9H8N2O2.C9H10N2.C8H6N2O2.C2H2S.CH3.Pd.H2/c1-16(2,3)14-10-20-15(18-14)17-12-6-5-7-13-11(12)8-9-19(13)4;1-8(16)13-12(17)14-10-4-3-5-11-9(10)6-7-15(11)2;1-13-6-5-7-8(12-10(11)14)3-2-4-9(7)13;1-10-6-5-7-8(10)3-2-4-9(7)11(12)13;1-11-6-5-7-8(10)3-2-4-9(7)11;11-10(12)8-3-1-2-7-6(8)4-5-9-7;1-2-3;;;/h5-10H,1-4H3,(H,17,18);3-7H,1-2H3,(H2,13,14,16,17);2-6H,1H3,(H3,11,12,14);2-6H,1H3;2-6H,10H2,1H3;1-5,9H;1H2;1H3;;1H/q;;;;;;;-1;;. The molecule has 0 atom stereocenters. The number of thiocarbonyl (C=S) groups is 3. The van der Waals surface area contributed by atoms with Gasteiger partial charge < -0.3 is 68.0 Å². The van der Waals surface area contributed by atoms with E-state index in [4.69, 9.17) is 40.9 Å². The number of hydrogen-bond acceptors (Lipinski definition) is 12. The molecule has 0 aliphatic rings. The summed E-state index contributed by atoms with van der Waals surface area (Å²) in [6, 6.07) is 45.9. The third kappa shape index (κ3) is 18.6. The number of hydrogen-bond donors (Lipinski definition) is 7. The van der Waals surface area contributed by atoms with Crippen molar-refractivity contribution in [3.63, 3.8) is 0 Å². The van der Waals surface area contributed by atoms with Gasteiger partial charge in [-0.3, -0.25) is 25.0 Å². The number of aryl methyl sites for hydroxylation is 5. The molecule has 13 rings (SSSR count). The molecule has 25 heteroatoms. The SMILES string of the molecule is C=C=S.CC(=O)NC(=S)Nc1cccc2c1ccn2C.Cn1ccc2c(N)cccc21.Cn1ccc2c(NC(N)=S)cccc21.Cn1ccc2c(Nc3nc(C(C)(C)C)cs3)cccc21.Cn1ccc2c([N+](=O)[O-])cccc21.O=[N+]([O-])c1cccc2[nH]ccc12.[CH3-].[HH].[Pd]. The van der Waals surface area contributed by atoms with Crippen LogP contribution in [0.3, 0.4) is 0 Å². The maximum atomic E-state index is 10.9.